The van der Waals surface area contributed by atoms with Crippen LogP contribution in [0.4, 0.5) is 19.3 Å². The molecule has 0 aromatic heterocycles. The topological polar surface area (TPSA) is 87.7 Å². The monoisotopic (exact) mass is 413 g/mol. The lowest BCUT2D eigenvalue weighted by molar-refractivity contribution is -0.0498. The normalized spacial score (nSPS) is 11.5. The van der Waals surface area contributed by atoms with Crippen molar-refractivity contribution in [2.75, 3.05) is 19.4 Å². The van der Waals surface area contributed by atoms with Gasteiger partial charge in [0.2, 0.25) is 10.0 Å². The first-order valence-electron chi connectivity index (χ1n) is 8.21. The Kier molecular flexibility index (Phi) is 6.92. The average molecular weight is 413 g/mol. The number of alkyl halides is 2. The lowest BCUT2D eigenvalue weighted by Gasteiger charge is -2.15. The summed E-state index contributed by atoms with van der Waals surface area (Å²) >= 11 is 0. The summed E-state index contributed by atoms with van der Waals surface area (Å²) in [5, 5.41) is 5.23. The summed E-state index contributed by atoms with van der Waals surface area (Å²) in [5.41, 5.74) is 1.74. The van der Waals surface area contributed by atoms with Crippen molar-refractivity contribution in [3.63, 3.8) is 0 Å². The van der Waals surface area contributed by atoms with Gasteiger partial charge in [-0.2, -0.15) is 8.78 Å². The van der Waals surface area contributed by atoms with Crippen LogP contribution in [0, 0.1) is 6.92 Å². The van der Waals surface area contributed by atoms with E-state index in [1.54, 1.807) is 25.1 Å². The Morgan fingerprint density at radius 3 is 2.36 bits per heavy atom. The Balaban J connectivity index is 2.01. The molecule has 0 spiro atoms. The van der Waals surface area contributed by atoms with Crippen LogP contribution < -0.4 is 15.4 Å². The van der Waals surface area contributed by atoms with Crippen molar-refractivity contribution >= 4 is 21.7 Å². The molecule has 28 heavy (non-hydrogen) atoms. The minimum atomic E-state index is -3.62. The summed E-state index contributed by atoms with van der Waals surface area (Å²) in [6, 6.07) is 9.78. The quantitative estimate of drug-likeness (QED) is 0.730. The Morgan fingerprint density at radius 2 is 1.79 bits per heavy atom. The van der Waals surface area contributed by atoms with Gasteiger partial charge in [-0.1, -0.05) is 18.2 Å². The molecule has 0 atom stereocenters. The number of rotatable bonds is 7. The molecule has 7 nitrogen and oxygen atoms in total. The molecule has 152 valence electrons. The predicted octanol–water partition coefficient (Wildman–Crippen LogP) is 3.17. The van der Waals surface area contributed by atoms with Gasteiger partial charge in [-0.05, 0) is 42.3 Å². The van der Waals surface area contributed by atoms with E-state index in [0.29, 0.717) is 16.8 Å². The fraction of sp³-hybridized carbons (Fsp3) is 0.278. The molecule has 0 aliphatic carbocycles. The first kappa shape index (κ1) is 21.6. The second-order valence-corrected chi connectivity index (χ2v) is 8.25. The number of aryl methyl sites for hydroxylation is 1. The molecule has 0 unspecified atom stereocenters. The van der Waals surface area contributed by atoms with Gasteiger partial charge in [-0.25, -0.2) is 17.5 Å². The van der Waals surface area contributed by atoms with Crippen molar-refractivity contribution in [3.05, 3.63) is 53.6 Å². The third-order valence-electron chi connectivity index (χ3n) is 3.84. The maximum atomic E-state index is 12.2. The Labute approximate surface area is 162 Å². The van der Waals surface area contributed by atoms with E-state index in [2.05, 4.69) is 15.4 Å². The number of urea groups is 1. The lowest BCUT2D eigenvalue weighted by Crippen LogP contribution is -2.28. The molecule has 0 aliphatic rings. The number of anilines is 1. The maximum Gasteiger partial charge on any atom is 0.387 e. The molecule has 0 heterocycles. The summed E-state index contributed by atoms with van der Waals surface area (Å²) < 4.78 is 54.1. The van der Waals surface area contributed by atoms with Crippen LogP contribution in [-0.2, 0) is 16.6 Å². The van der Waals surface area contributed by atoms with E-state index in [0.717, 1.165) is 4.31 Å². The first-order valence-corrected chi connectivity index (χ1v) is 9.65. The van der Waals surface area contributed by atoms with Gasteiger partial charge in [0.05, 0.1) is 4.90 Å². The standard InChI is InChI=1S/C18H21F2N3O4S/c1-12-4-9-15(28(25,26)23(2)3)10-16(12)22-18(24)21-11-13-5-7-14(8-6-13)27-17(19)20/h4-10,17H,11H2,1-3H3,(H2,21,22,24). The van der Waals surface area contributed by atoms with Gasteiger partial charge in [-0.15, -0.1) is 0 Å². The van der Waals surface area contributed by atoms with Crippen LogP contribution in [-0.4, -0.2) is 39.5 Å². The molecular formula is C18H21F2N3O4S. The molecular weight excluding hydrogens is 392 g/mol. The molecule has 2 aromatic carbocycles. The highest BCUT2D eigenvalue weighted by atomic mass is 32.2. The second kappa shape index (κ2) is 8.98. The summed E-state index contributed by atoms with van der Waals surface area (Å²) in [5.74, 6) is 0.0257. The van der Waals surface area contributed by atoms with E-state index in [-0.39, 0.29) is 17.2 Å². The van der Waals surface area contributed by atoms with E-state index in [4.69, 9.17) is 0 Å². The van der Waals surface area contributed by atoms with Crippen molar-refractivity contribution in [3.8, 4) is 5.75 Å². The van der Waals surface area contributed by atoms with Crippen molar-refractivity contribution < 1.29 is 26.7 Å². The predicted molar refractivity (Wildman–Crippen MR) is 101 cm³/mol. The summed E-state index contributed by atoms with van der Waals surface area (Å²) in [6.45, 7) is -1.01. The number of benzene rings is 2. The number of ether oxygens (including phenoxy) is 1. The third-order valence-corrected chi connectivity index (χ3v) is 5.65. The largest absolute Gasteiger partial charge is 0.435 e. The molecule has 0 aliphatic heterocycles. The van der Waals surface area contributed by atoms with Crippen molar-refractivity contribution in [2.24, 2.45) is 0 Å². The second-order valence-electron chi connectivity index (χ2n) is 6.09. The zero-order chi connectivity index (χ0) is 20.9. The fourth-order valence-corrected chi connectivity index (χ4v) is 3.17. The van der Waals surface area contributed by atoms with E-state index in [1.807, 2.05) is 0 Å². The molecule has 0 bridgehead atoms. The maximum absolute atomic E-state index is 12.2. The first-order chi connectivity index (χ1) is 13.1. The Bertz CT molecular complexity index is 932. The zero-order valence-electron chi connectivity index (χ0n) is 15.6. The molecule has 0 saturated carbocycles. The number of hydrogen-bond donors (Lipinski definition) is 2. The number of amides is 2. The van der Waals surface area contributed by atoms with Gasteiger partial charge in [-0.3, -0.25) is 0 Å². The highest BCUT2D eigenvalue weighted by molar-refractivity contribution is 7.89. The van der Waals surface area contributed by atoms with Crippen molar-refractivity contribution in [1.82, 2.24) is 9.62 Å². The van der Waals surface area contributed by atoms with Gasteiger partial charge < -0.3 is 15.4 Å². The Morgan fingerprint density at radius 1 is 1.14 bits per heavy atom. The minimum Gasteiger partial charge on any atom is -0.435 e. The van der Waals surface area contributed by atoms with Crippen LogP contribution in [0.5, 0.6) is 5.75 Å². The highest BCUT2D eigenvalue weighted by Gasteiger charge is 2.18. The van der Waals surface area contributed by atoms with Gasteiger partial charge in [0.15, 0.2) is 0 Å². The minimum absolute atomic E-state index is 0.0257. The van der Waals surface area contributed by atoms with E-state index < -0.39 is 22.7 Å². The summed E-state index contributed by atoms with van der Waals surface area (Å²) in [6.07, 6.45) is 0. The SMILES string of the molecule is Cc1ccc(S(=O)(=O)N(C)C)cc1NC(=O)NCc1ccc(OC(F)F)cc1. The van der Waals surface area contributed by atoms with Gasteiger partial charge in [0.25, 0.3) is 0 Å². The summed E-state index contributed by atoms with van der Waals surface area (Å²) in [7, 11) is -0.777. The number of nitrogens with one attached hydrogen (secondary N) is 2. The molecule has 2 N–H and O–H groups in total. The smallest absolute Gasteiger partial charge is 0.387 e. The molecule has 10 heteroatoms. The van der Waals surface area contributed by atoms with Gasteiger partial charge >= 0.3 is 12.6 Å². The van der Waals surface area contributed by atoms with E-state index in [1.165, 1.54) is 38.4 Å². The number of sulfonamides is 1. The van der Waals surface area contributed by atoms with E-state index >= 15 is 0 Å². The zero-order valence-corrected chi connectivity index (χ0v) is 16.4. The van der Waals surface area contributed by atoms with E-state index in [9.17, 15) is 22.0 Å². The van der Waals surface area contributed by atoms with Crippen LogP contribution in [0.25, 0.3) is 0 Å². The number of carbonyl (C=O) groups is 1. The summed E-state index contributed by atoms with van der Waals surface area (Å²) in [4.78, 5) is 12.2. The van der Waals surface area contributed by atoms with Crippen LogP contribution >= 0.6 is 0 Å². The number of nitrogens with zero attached hydrogens (tertiary/aromatic N) is 1. The van der Waals surface area contributed by atoms with Gasteiger partial charge in [0.1, 0.15) is 5.75 Å². The van der Waals surface area contributed by atoms with Crippen LogP contribution in [0.15, 0.2) is 47.4 Å². The van der Waals surface area contributed by atoms with Crippen molar-refractivity contribution in [2.45, 2.75) is 25.0 Å². The molecule has 0 radical (unpaired) electrons. The molecule has 2 rings (SSSR count). The molecule has 2 amide bonds. The molecule has 0 saturated heterocycles. The van der Waals surface area contributed by atoms with Crippen LogP contribution in [0.2, 0.25) is 0 Å². The lowest BCUT2D eigenvalue weighted by atomic mass is 10.2. The molecule has 0 fully saturated rings. The number of carbonyl (C=O) groups excluding carboxylic acids is 1. The van der Waals surface area contributed by atoms with Crippen molar-refractivity contribution in [1.29, 1.82) is 0 Å². The average Bonchev–Trinajstić information content (AvgIpc) is 2.62. The number of halogens is 2. The Hall–Kier alpha value is -2.72. The van der Waals surface area contributed by atoms with Crippen LogP contribution in [0.3, 0.4) is 0 Å². The van der Waals surface area contributed by atoms with Crippen LogP contribution in [0.1, 0.15) is 11.1 Å². The fourth-order valence-electron chi connectivity index (χ4n) is 2.24. The van der Waals surface area contributed by atoms with Gasteiger partial charge in [0, 0.05) is 26.3 Å². The third kappa shape index (κ3) is 5.64. The highest BCUT2D eigenvalue weighted by Crippen LogP contribution is 2.22. The molecule has 2 aromatic rings. The number of hydrogen-bond acceptors (Lipinski definition) is 4.